The highest BCUT2D eigenvalue weighted by Crippen LogP contribution is 2.65. The molecule has 9 nitrogen and oxygen atoms in total. The summed E-state index contributed by atoms with van der Waals surface area (Å²) in [7, 11) is 1.56. The number of likely N-dealkylation sites (tertiary alicyclic amines) is 1. The van der Waals surface area contributed by atoms with Crippen molar-refractivity contribution in [1.29, 1.82) is 0 Å². The zero-order valence-corrected chi connectivity index (χ0v) is 22.2. The quantitative estimate of drug-likeness (QED) is 0.461. The van der Waals surface area contributed by atoms with Gasteiger partial charge in [-0.15, -0.1) is 6.58 Å². The third-order valence-corrected chi connectivity index (χ3v) is 9.06. The zero-order chi connectivity index (χ0) is 27.3. The van der Waals surface area contributed by atoms with Crippen LogP contribution in [0.3, 0.4) is 0 Å². The molecule has 2 bridgehead atoms. The van der Waals surface area contributed by atoms with Crippen LogP contribution in [0.25, 0.3) is 0 Å². The van der Waals surface area contributed by atoms with Crippen LogP contribution in [-0.4, -0.2) is 76.4 Å². The molecule has 4 rings (SSSR count). The van der Waals surface area contributed by atoms with Gasteiger partial charge in [-0.05, 0) is 49.4 Å². The minimum atomic E-state index is -1.31. The number of aliphatic carboxylic acids is 1. The highest BCUT2D eigenvalue weighted by Gasteiger charge is 2.80. The third-order valence-electron chi connectivity index (χ3n) is 9.06. The second kappa shape index (κ2) is 9.76. The van der Waals surface area contributed by atoms with Gasteiger partial charge >= 0.3 is 5.97 Å². The Morgan fingerprint density at radius 1 is 1.35 bits per heavy atom. The van der Waals surface area contributed by atoms with Crippen LogP contribution in [0.4, 0.5) is 5.69 Å². The number of hydrogen-bond acceptors (Lipinski definition) is 6. The van der Waals surface area contributed by atoms with Gasteiger partial charge in [0.05, 0.1) is 31.3 Å². The van der Waals surface area contributed by atoms with E-state index in [4.69, 9.17) is 9.47 Å². The highest BCUT2D eigenvalue weighted by molar-refractivity contribution is 6.05. The number of carboxylic acid groups (broad SMARTS) is 1. The molecule has 3 unspecified atom stereocenters. The molecule has 3 heterocycles. The Balaban J connectivity index is 1.88. The Labute approximate surface area is 218 Å². The van der Waals surface area contributed by atoms with Gasteiger partial charge in [0.25, 0.3) is 5.91 Å². The first kappa shape index (κ1) is 27.1. The average molecular weight is 515 g/mol. The van der Waals surface area contributed by atoms with E-state index in [1.807, 2.05) is 20.8 Å². The van der Waals surface area contributed by atoms with Gasteiger partial charge in [-0.2, -0.15) is 0 Å². The number of carboxylic acids is 1. The summed E-state index contributed by atoms with van der Waals surface area (Å²) in [6.07, 6.45) is 2.65. The fourth-order valence-corrected chi connectivity index (χ4v) is 6.87. The van der Waals surface area contributed by atoms with E-state index in [9.17, 15) is 24.6 Å². The number of aliphatic hydroxyl groups excluding tert-OH is 1. The summed E-state index contributed by atoms with van der Waals surface area (Å²) in [5.41, 5.74) is -1.80. The molecule has 1 aromatic rings. The number of carbonyl (C=O) groups is 3. The molecule has 37 heavy (non-hydrogen) atoms. The fourth-order valence-electron chi connectivity index (χ4n) is 6.87. The maximum atomic E-state index is 14.5. The van der Waals surface area contributed by atoms with Crippen molar-refractivity contribution in [3.63, 3.8) is 0 Å². The number of anilines is 1. The summed E-state index contributed by atoms with van der Waals surface area (Å²) in [4.78, 5) is 44.2. The van der Waals surface area contributed by atoms with Gasteiger partial charge in [-0.25, -0.2) is 0 Å². The number of amides is 2. The molecule has 8 atom stereocenters. The standard InChI is InChI=1S/C28H38N2O7/c1-7-13-29(18-9-11-19(36-6)12-10-18)25(33)23-28-14-17(4)27(5,37-28)22(26(34)35)21(28)24(32)30(23)20(15-31)16(3)8-2/h7,9-12,16-17,20-23,31H,1,8,13-15H2,2-6H3,(H,34,35)/t16-,17?,20-,21-,22+,23?,27-,28?/m0/s1. The topological polar surface area (TPSA) is 117 Å². The Morgan fingerprint density at radius 2 is 2.00 bits per heavy atom. The van der Waals surface area contributed by atoms with E-state index in [1.54, 1.807) is 44.4 Å². The van der Waals surface area contributed by atoms with Crippen molar-refractivity contribution in [2.75, 3.05) is 25.2 Å². The zero-order valence-electron chi connectivity index (χ0n) is 22.2. The van der Waals surface area contributed by atoms with Crippen molar-refractivity contribution >= 4 is 23.5 Å². The van der Waals surface area contributed by atoms with Crippen LogP contribution in [0.15, 0.2) is 36.9 Å². The average Bonchev–Trinajstić information content (AvgIpc) is 3.39. The van der Waals surface area contributed by atoms with E-state index < -0.39 is 47.0 Å². The molecule has 3 aliphatic heterocycles. The fraction of sp³-hybridized carbons (Fsp3) is 0.607. The van der Waals surface area contributed by atoms with Crippen LogP contribution >= 0.6 is 0 Å². The second-order valence-electron chi connectivity index (χ2n) is 10.9. The molecular weight excluding hydrogens is 476 g/mol. The SMILES string of the molecule is C=CCN(C(=O)C1N([C@@H](CO)[C@@H](C)CC)C(=O)[C@@H]2[C@H](C(=O)O)[C@@]3(C)OC12CC3C)c1ccc(OC)cc1. The lowest BCUT2D eigenvalue weighted by Crippen LogP contribution is -2.60. The number of benzene rings is 1. The first-order valence-corrected chi connectivity index (χ1v) is 12.9. The molecule has 1 aromatic carbocycles. The van der Waals surface area contributed by atoms with E-state index >= 15 is 0 Å². The van der Waals surface area contributed by atoms with E-state index in [0.717, 1.165) is 0 Å². The summed E-state index contributed by atoms with van der Waals surface area (Å²) in [6.45, 7) is 11.2. The van der Waals surface area contributed by atoms with Gasteiger partial charge in [-0.1, -0.05) is 33.3 Å². The number of aliphatic hydroxyl groups is 1. The Morgan fingerprint density at radius 3 is 2.51 bits per heavy atom. The Kier molecular flexibility index (Phi) is 7.16. The van der Waals surface area contributed by atoms with Gasteiger partial charge in [0.15, 0.2) is 0 Å². The normalized spacial score (nSPS) is 33.7. The molecular formula is C28H38N2O7. The molecule has 3 aliphatic rings. The number of fused-ring (bicyclic) bond motifs is 1. The summed E-state index contributed by atoms with van der Waals surface area (Å²) in [5, 5.41) is 20.7. The van der Waals surface area contributed by atoms with Crippen LogP contribution in [0.1, 0.15) is 40.5 Å². The molecule has 0 saturated carbocycles. The maximum Gasteiger partial charge on any atom is 0.310 e. The number of ether oxygens (including phenoxy) is 2. The van der Waals surface area contributed by atoms with Crippen LogP contribution in [0, 0.1) is 23.7 Å². The third kappa shape index (κ3) is 3.85. The Hall–Kier alpha value is -2.91. The highest BCUT2D eigenvalue weighted by atomic mass is 16.5. The van der Waals surface area contributed by atoms with Crippen LogP contribution < -0.4 is 9.64 Å². The summed E-state index contributed by atoms with van der Waals surface area (Å²) < 4.78 is 11.8. The number of carbonyl (C=O) groups excluding carboxylic acids is 2. The molecule has 2 N–H and O–H groups in total. The molecule has 9 heteroatoms. The van der Waals surface area contributed by atoms with Crippen molar-refractivity contribution in [3.8, 4) is 5.75 Å². The van der Waals surface area contributed by atoms with Crippen molar-refractivity contribution < 1.29 is 34.1 Å². The van der Waals surface area contributed by atoms with Gasteiger partial charge in [0.2, 0.25) is 5.91 Å². The Bertz CT molecular complexity index is 1070. The molecule has 3 fully saturated rings. The van der Waals surface area contributed by atoms with Gasteiger partial charge in [-0.3, -0.25) is 14.4 Å². The lowest BCUT2D eigenvalue weighted by atomic mass is 9.62. The largest absolute Gasteiger partial charge is 0.497 e. The number of nitrogens with zero attached hydrogens (tertiary/aromatic N) is 2. The predicted molar refractivity (Wildman–Crippen MR) is 137 cm³/mol. The summed E-state index contributed by atoms with van der Waals surface area (Å²) >= 11 is 0. The molecule has 202 valence electrons. The molecule has 0 aromatic heterocycles. The van der Waals surface area contributed by atoms with Crippen LogP contribution in [0.2, 0.25) is 0 Å². The predicted octanol–water partition coefficient (Wildman–Crippen LogP) is 2.72. The van der Waals surface area contributed by atoms with Crippen LogP contribution in [-0.2, 0) is 19.1 Å². The second-order valence-corrected chi connectivity index (χ2v) is 10.9. The first-order chi connectivity index (χ1) is 17.5. The number of rotatable bonds is 10. The van der Waals surface area contributed by atoms with Crippen molar-refractivity contribution in [2.24, 2.45) is 23.7 Å². The smallest absolute Gasteiger partial charge is 0.310 e. The summed E-state index contributed by atoms with van der Waals surface area (Å²) in [6, 6.07) is 5.25. The lowest BCUT2D eigenvalue weighted by molar-refractivity contribution is -0.158. The van der Waals surface area contributed by atoms with Crippen LogP contribution in [0.5, 0.6) is 5.75 Å². The number of hydrogen-bond donors (Lipinski definition) is 2. The van der Waals surface area contributed by atoms with E-state index in [0.29, 0.717) is 24.3 Å². The lowest BCUT2D eigenvalue weighted by Gasteiger charge is -2.41. The van der Waals surface area contributed by atoms with Gasteiger partial charge in [0.1, 0.15) is 23.3 Å². The molecule has 2 amide bonds. The molecule has 3 saturated heterocycles. The van der Waals surface area contributed by atoms with E-state index in [-0.39, 0.29) is 30.9 Å². The van der Waals surface area contributed by atoms with Gasteiger partial charge in [0, 0.05) is 12.2 Å². The van der Waals surface area contributed by atoms with Crippen molar-refractivity contribution in [1.82, 2.24) is 4.90 Å². The molecule has 0 aliphatic carbocycles. The van der Waals surface area contributed by atoms with E-state index in [1.165, 1.54) is 9.80 Å². The number of methoxy groups -OCH3 is 1. The monoisotopic (exact) mass is 514 g/mol. The van der Waals surface area contributed by atoms with Crippen molar-refractivity contribution in [2.45, 2.75) is 63.8 Å². The van der Waals surface area contributed by atoms with Crippen molar-refractivity contribution in [3.05, 3.63) is 36.9 Å². The summed E-state index contributed by atoms with van der Waals surface area (Å²) in [5.74, 6) is -3.70. The molecule has 0 radical (unpaired) electrons. The van der Waals surface area contributed by atoms with Gasteiger partial charge < -0.3 is 29.5 Å². The molecule has 1 spiro atoms. The maximum absolute atomic E-state index is 14.5. The van der Waals surface area contributed by atoms with E-state index in [2.05, 4.69) is 6.58 Å². The first-order valence-electron chi connectivity index (χ1n) is 12.9. The minimum absolute atomic E-state index is 0.123. The minimum Gasteiger partial charge on any atom is -0.497 e.